The van der Waals surface area contributed by atoms with E-state index in [2.05, 4.69) is 0 Å². The summed E-state index contributed by atoms with van der Waals surface area (Å²) in [5.41, 5.74) is 2.86. The molecule has 0 N–H and O–H groups in total. The number of carbonyl (C=O) groups is 1. The largest absolute Gasteiger partial charge is 0.420 e. The highest BCUT2D eigenvalue weighted by molar-refractivity contribution is 7.89. The van der Waals surface area contributed by atoms with Crippen molar-refractivity contribution in [3.05, 3.63) is 64.1 Å². The van der Waals surface area contributed by atoms with Crippen LogP contribution in [0.3, 0.4) is 0 Å². The SMILES string of the molecule is Cc1ccccc1CC(=O)N1CCN(S(=O)(=O)c2ccc3c(c2)oc(=O)n3C(C)C)CC1. The van der Waals surface area contributed by atoms with Crippen molar-refractivity contribution < 1.29 is 17.6 Å². The van der Waals surface area contributed by atoms with E-state index in [9.17, 15) is 18.0 Å². The number of aromatic nitrogens is 1. The Morgan fingerprint density at radius 3 is 2.41 bits per heavy atom. The molecule has 2 aromatic carbocycles. The zero-order valence-electron chi connectivity index (χ0n) is 18.4. The summed E-state index contributed by atoms with van der Waals surface area (Å²) in [6.07, 6.45) is 0.308. The highest BCUT2D eigenvalue weighted by Gasteiger charge is 2.31. The molecule has 8 nitrogen and oxygen atoms in total. The van der Waals surface area contributed by atoms with Crippen LogP contribution in [0.4, 0.5) is 0 Å². The number of amides is 1. The van der Waals surface area contributed by atoms with Crippen LogP contribution < -0.4 is 5.76 Å². The Kier molecular flexibility index (Phi) is 5.96. The van der Waals surface area contributed by atoms with E-state index in [0.29, 0.717) is 25.0 Å². The van der Waals surface area contributed by atoms with E-state index in [0.717, 1.165) is 11.1 Å². The molecule has 1 amide bonds. The predicted octanol–water partition coefficient (Wildman–Crippen LogP) is 2.56. The lowest BCUT2D eigenvalue weighted by Crippen LogP contribution is -2.50. The number of hydrogen-bond acceptors (Lipinski definition) is 5. The minimum atomic E-state index is -3.77. The molecule has 1 aromatic heterocycles. The number of carbonyl (C=O) groups excluding carboxylic acids is 1. The minimum Gasteiger partial charge on any atom is -0.408 e. The third kappa shape index (κ3) is 4.10. The number of piperazine rings is 1. The topological polar surface area (TPSA) is 92.8 Å². The molecule has 32 heavy (non-hydrogen) atoms. The van der Waals surface area contributed by atoms with E-state index in [1.54, 1.807) is 11.0 Å². The minimum absolute atomic E-state index is 0.00503. The normalized spacial score (nSPS) is 15.6. The molecule has 0 atom stereocenters. The molecular formula is C23H27N3O5S. The van der Waals surface area contributed by atoms with Crippen LogP contribution in [0.25, 0.3) is 11.1 Å². The average Bonchev–Trinajstić information content (AvgIpc) is 3.10. The van der Waals surface area contributed by atoms with Gasteiger partial charge >= 0.3 is 5.76 Å². The molecule has 1 aliphatic rings. The van der Waals surface area contributed by atoms with Crippen LogP contribution in [-0.2, 0) is 21.2 Å². The summed E-state index contributed by atoms with van der Waals surface area (Å²) in [7, 11) is -3.77. The Balaban J connectivity index is 1.47. The maximum absolute atomic E-state index is 13.2. The van der Waals surface area contributed by atoms with Crippen LogP contribution >= 0.6 is 0 Å². The first-order chi connectivity index (χ1) is 15.2. The summed E-state index contributed by atoms with van der Waals surface area (Å²) < 4.78 is 34.5. The van der Waals surface area contributed by atoms with Crippen molar-refractivity contribution in [3.63, 3.8) is 0 Å². The van der Waals surface area contributed by atoms with Gasteiger partial charge in [0.05, 0.1) is 16.8 Å². The van der Waals surface area contributed by atoms with Gasteiger partial charge in [0.1, 0.15) is 0 Å². The Morgan fingerprint density at radius 1 is 1.06 bits per heavy atom. The molecule has 4 rings (SSSR count). The Morgan fingerprint density at radius 2 is 1.75 bits per heavy atom. The van der Waals surface area contributed by atoms with E-state index in [4.69, 9.17) is 4.42 Å². The van der Waals surface area contributed by atoms with E-state index in [1.165, 1.54) is 21.0 Å². The third-order valence-corrected chi connectivity index (χ3v) is 7.83. The summed E-state index contributed by atoms with van der Waals surface area (Å²) in [6, 6.07) is 12.2. The van der Waals surface area contributed by atoms with Gasteiger partial charge in [-0.1, -0.05) is 24.3 Å². The highest BCUT2D eigenvalue weighted by Crippen LogP contribution is 2.24. The molecule has 1 aliphatic heterocycles. The molecule has 0 saturated carbocycles. The quantitative estimate of drug-likeness (QED) is 0.587. The molecule has 170 valence electrons. The molecule has 1 fully saturated rings. The van der Waals surface area contributed by atoms with Gasteiger partial charge in [-0.2, -0.15) is 4.31 Å². The molecule has 3 aromatic rings. The van der Waals surface area contributed by atoms with Crippen LogP contribution in [0.15, 0.2) is 56.6 Å². The molecule has 0 aliphatic carbocycles. The number of aryl methyl sites for hydroxylation is 1. The second kappa shape index (κ2) is 8.55. The maximum Gasteiger partial charge on any atom is 0.420 e. The van der Waals surface area contributed by atoms with Crippen molar-refractivity contribution in [2.75, 3.05) is 26.2 Å². The van der Waals surface area contributed by atoms with Gasteiger partial charge in [-0.15, -0.1) is 0 Å². The Hall–Kier alpha value is -2.91. The third-order valence-electron chi connectivity index (χ3n) is 5.93. The summed E-state index contributed by atoms with van der Waals surface area (Å²) in [4.78, 5) is 26.6. The fourth-order valence-corrected chi connectivity index (χ4v) is 5.51. The van der Waals surface area contributed by atoms with Crippen molar-refractivity contribution in [2.45, 2.75) is 38.1 Å². The summed E-state index contributed by atoms with van der Waals surface area (Å²) in [5.74, 6) is -0.514. The highest BCUT2D eigenvalue weighted by atomic mass is 32.2. The monoisotopic (exact) mass is 457 g/mol. The van der Waals surface area contributed by atoms with Crippen LogP contribution in [0.2, 0.25) is 0 Å². The molecular weight excluding hydrogens is 430 g/mol. The maximum atomic E-state index is 13.2. The van der Waals surface area contributed by atoms with Crippen molar-refractivity contribution in [1.29, 1.82) is 0 Å². The van der Waals surface area contributed by atoms with Crippen LogP contribution in [0, 0.1) is 6.92 Å². The van der Waals surface area contributed by atoms with Gasteiger partial charge in [-0.3, -0.25) is 9.36 Å². The molecule has 0 spiro atoms. The second-order valence-electron chi connectivity index (χ2n) is 8.35. The number of nitrogens with zero attached hydrogens (tertiary/aromatic N) is 3. The predicted molar refractivity (Wildman–Crippen MR) is 121 cm³/mol. The van der Waals surface area contributed by atoms with Crippen molar-refractivity contribution in [2.24, 2.45) is 0 Å². The Bertz CT molecular complexity index is 1310. The fourth-order valence-electron chi connectivity index (χ4n) is 4.08. The van der Waals surface area contributed by atoms with Crippen LogP contribution in [0.1, 0.15) is 31.0 Å². The van der Waals surface area contributed by atoms with Crippen LogP contribution in [-0.4, -0.2) is 54.3 Å². The molecule has 0 bridgehead atoms. The molecule has 0 radical (unpaired) electrons. The number of fused-ring (bicyclic) bond motifs is 1. The number of rotatable bonds is 5. The lowest BCUT2D eigenvalue weighted by Gasteiger charge is -2.34. The van der Waals surface area contributed by atoms with Gasteiger partial charge in [0.2, 0.25) is 15.9 Å². The van der Waals surface area contributed by atoms with Crippen molar-refractivity contribution in [3.8, 4) is 0 Å². The first-order valence-corrected chi connectivity index (χ1v) is 12.1. The summed E-state index contributed by atoms with van der Waals surface area (Å²) >= 11 is 0. The lowest BCUT2D eigenvalue weighted by atomic mass is 10.1. The van der Waals surface area contributed by atoms with Gasteiger partial charge in [0.25, 0.3) is 0 Å². The molecule has 2 heterocycles. The number of sulfonamides is 1. The fraction of sp³-hybridized carbons (Fsp3) is 0.391. The smallest absolute Gasteiger partial charge is 0.408 e. The standard InChI is InChI=1S/C23H27N3O5S/c1-16(2)26-20-9-8-19(15-21(20)31-23(26)28)32(29,30)25-12-10-24(11-13-25)22(27)14-18-7-5-4-6-17(18)3/h4-9,15-16H,10-14H2,1-3H3. The number of hydrogen-bond donors (Lipinski definition) is 0. The first kappa shape index (κ1) is 22.3. The van der Waals surface area contributed by atoms with Crippen molar-refractivity contribution >= 4 is 27.0 Å². The zero-order valence-corrected chi connectivity index (χ0v) is 19.3. The zero-order chi connectivity index (χ0) is 23.0. The van der Waals surface area contributed by atoms with Gasteiger partial charge < -0.3 is 9.32 Å². The summed E-state index contributed by atoms with van der Waals surface area (Å²) in [5, 5.41) is 0. The molecule has 0 unspecified atom stereocenters. The Labute approximate surface area is 187 Å². The second-order valence-corrected chi connectivity index (χ2v) is 10.3. The van der Waals surface area contributed by atoms with E-state index in [-0.39, 0.29) is 35.5 Å². The van der Waals surface area contributed by atoms with E-state index < -0.39 is 15.8 Å². The van der Waals surface area contributed by atoms with Crippen molar-refractivity contribution in [1.82, 2.24) is 13.8 Å². The van der Waals surface area contributed by atoms with Gasteiger partial charge in [0, 0.05) is 38.3 Å². The molecule has 1 saturated heterocycles. The molecule has 9 heteroatoms. The summed E-state index contributed by atoms with van der Waals surface area (Å²) in [6.45, 7) is 6.81. The van der Waals surface area contributed by atoms with Gasteiger partial charge in [-0.05, 0) is 44.0 Å². The number of oxazole rings is 1. The van der Waals surface area contributed by atoms with Gasteiger partial charge in [-0.25, -0.2) is 13.2 Å². The van der Waals surface area contributed by atoms with E-state index in [1.807, 2.05) is 45.0 Å². The van der Waals surface area contributed by atoms with E-state index >= 15 is 0 Å². The van der Waals surface area contributed by atoms with Crippen LogP contribution in [0.5, 0.6) is 0 Å². The first-order valence-electron chi connectivity index (χ1n) is 10.7. The lowest BCUT2D eigenvalue weighted by molar-refractivity contribution is -0.131. The van der Waals surface area contributed by atoms with Gasteiger partial charge in [0.15, 0.2) is 5.58 Å². The average molecular weight is 458 g/mol. The number of benzene rings is 2.